The van der Waals surface area contributed by atoms with Crippen LogP contribution in [0, 0.1) is 5.92 Å². The minimum absolute atomic E-state index is 0.763. The molecule has 1 saturated heterocycles. The molecule has 0 bridgehead atoms. The molecule has 0 amide bonds. The first-order valence-electron chi connectivity index (χ1n) is 5.55. The second-order valence-electron chi connectivity index (χ2n) is 4.37. The zero-order valence-electron chi connectivity index (χ0n) is 8.34. The fourth-order valence-electron chi connectivity index (χ4n) is 2.21. The van der Waals surface area contributed by atoms with Gasteiger partial charge in [0.1, 0.15) is 0 Å². The van der Waals surface area contributed by atoms with E-state index in [4.69, 9.17) is 5.73 Å². The monoisotopic (exact) mass is 183 g/mol. The summed E-state index contributed by atoms with van der Waals surface area (Å²) in [4.78, 5) is 2.66. The molecule has 0 aromatic heterocycles. The molecule has 0 aromatic carbocycles. The summed E-state index contributed by atoms with van der Waals surface area (Å²) in [6, 6.07) is 0.958. The van der Waals surface area contributed by atoms with Crippen LogP contribution in [-0.2, 0) is 0 Å². The van der Waals surface area contributed by atoms with Crippen LogP contribution in [0.25, 0.3) is 0 Å². The summed E-state index contributed by atoms with van der Waals surface area (Å²) in [5.41, 5.74) is 5.43. The van der Waals surface area contributed by atoms with E-state index in [2.05, 4.69) is 10.2 Å². The summed E-state index contributed by atoms with van der Waals surface area (Å²) in [6.07, 6.45) is 4.28. The van der Waals surface area contributed by atoms with Crippen LogP contribution in [0.3, 0.4) is 0 Å². The van der Waals surface area contributed by atoms with Crippen molar-refractivity contribution in [1.82, 2.24) is 10.2 Å². The molecule has 2 fully saturated rings. The predicted molar refractivity (Wildman–Crippen MR) is 54.6 cm³/mol. The van der Waals surface area contributed by atoms with Crippen LogP contribution in [0.15, 0.2) is 0 Å². The fourth-order valence-corrected chi connectivity index (χ4v) is 2.21. The third-order valence-electron chi connectivity index (χ3n) is 3.13. The number of nitrogens with two attached hydrogens (primary N) is 1. The van der Waals surface area contributed by atoms with Gasteiger partial charge in [-0.05, 0) is 38.3 Å². The molecule has 3 heteroatoms. The first-order chi connectivity index (χ1) is 6.40. The van der Waals surface area contributed by atoms with Gasteiger partial charge in [-0.3, -0.25) is 0 Å². The summed E-state index contributed by atoms with van der Waals surface area (Å²) >= 11 is 0. The Morgan fingerprint density at radius 2 is 2.15 bits per heavy atom. The van der Waals surface area contributed by atoms with E-state index in [1.165, 1.54) is 38.9 Å². The van der Waals surface area contributed by atoms with Gasteiger partial charge in [0.05, 0.1) is 0 Å². The van der Waals surface area contributed by atoms with Crippen molar-refractivity contribution in [1.29, 1.82) is 0 Å². The minimum atomic E-state index is 0.763. The third-order valence-corrected chi connectivity index (χ3v) is 3.13. The first kappa shape index (κ1) is 9.44. The molecule has 3 N–H and O–H groups in total. The van der Waals surface area contributed by atoms with Crippen LogP contribution in [0.1, 0.15) is 19.3 Å². The number of hydrogen-bond acceptors (Lipinski definition) is 3. The van der Waals surface area contributed by atoms with Gasteiger partial charge in [-0.15, -0.1) is 0 Å². The maximum absolute atomic E-state index is 5.43. The minimum Gasteiger partial charge on any atom is -0.329 e. The SMILES string of the molecule is NCCNCC1CCN(C2CC2)C1. The van der Waals surface area contributed by atoms with Crippen molar-refractivity contribution in [2.75, 3.05) is 32.7 Å². The number of nitrogens with one attached hydrogen (secondary N) is 1. The molecule has 76 valence electrons. The lowest BCUT2D eigenvalue weighted by Gasteiger charge is -2.14. The second-order valence-corrected chi connectivity index (χ2v) is 4.37. The highest BCUT2D eigenvalue weighted by molar-refractivity contribution is 4.89. The van der Waals surface area contributed by atoms with Crippen LogP contribution >= 0.6 is 0 Å². The highest BCUT2D eigenvalue weighted by Crippen LogP contribution is 2.31. The maximum Gasteiger partial charge on any atom is 0.00965 e. The van der Waals surface area contributed by atoms with Crippen LogP contribution in [-0.4, -0.2) is 43.7 Å². The molecular formula is C10H21N3. The molecule has 1 unspecified atom stereocenters. The maximum atomic E-state index is 5.43. The Kier molecular flexibility index (Phi) is 3.19. The van der Waals surface area contributed by atoms with E-state index in [0.717, 1.165) is 25.0 Å². The molecule has 0 radical (unpaired) electrons. The fraction of sp³-hybridized carbons (Fsp3) is 1.00. The predicted octanol–water partition coefficient (Wildman–Crippen LogP) is 0.0190. The lowest BCUT2D eigenvalue weighted by Crippen LogP contribution is -2.30. The number of hydrogen-bond donors (Lipinski definition) is 2. The summed E-state index contributed by atoms with van der Waals surface area (Å²) in [6.45, 7) is 5.56. The van der Waals surface area contributed by atoms with Crippen molar-refractivity contribution >= 4 is 0 Å². The average Bonchev–Trinajstić information content (AvgIpc) is 2.88. The number of nitrogens with zero attached hydrogens (tertiary/aromatic N) is 1. The topological polar surface area (TPSA) is 41.3 Å². The molecule has 0 spiro atoms. The van der Waals surface area contributed by atoms with Crippen LogP contribution in [0.2, 0.25) is 0 Å². The van der Waals surface area contributed by atoms with E-state index in [0.29, 0.717) is 0 Å². The number of likely N-dealkylation sites (tertiary alicyclic amines) is 1. The second kappa shape index (κ2) is 4.40. The summed E-state index contributed by atoms with van der Waals surface area (Å²) < 4.78 is 0. The lowest BCUT2D eigenvalue weighted by atomic mass is 10.1. The molecular weight excluding hydrogens is 162 g/mol. The van der Waals surface area contributed by atoms with Crippen LogP contribution in [0.5, 0.6) is 0 Å². The van der Waals surface area contributed by atoms with Gasteiger partial charge in [0, 0.05) is 25.7 Å². The third kappa shape index (κ3) is 2.66. The van der Waals surface area contributed by atoms with E-state index in [9.17, 15) is 0 Å². The molecule has 13 heavy (non-hydrogen) atoms. The van der Waals surface area contributed by atoms with Crippen LogP contribution < -0.4 is 11.1 Å². The van der Waals surface area contributed by atoms with Gasteiger partial charge in [0.25, 0.3) is 0 Å². The van der Waals surface area contributed by atoms with E-state index >= 15 is 0 Å². The normalized spacial score (nSPS) is 29.8. The Hall–Kier alpha value is -0.120. The summed E-state index contributed by atoms with van der Waals surface area (Å²) in [5.74, 6) is 0.882. The molecule has 2 rings (SSSR count). The Balaban J connectivity index is 1.60. The Bertz CT molecular complexity index is 156. The smallest absolute Gasteiger partial charge is 0.00965 e. The van der Waals surface area contributed by atoms with Gasteiger partial charge < -0.3 is 16.0 Å². The Labute approximate surface area is 80.7 Å². The molecule has 1 aliphatic carbocycles. The standard InChI is InChI=1S/C10H21N3/c11-4-5-12-7-9-3-6-13(8-9)10-1-2-10/h9-10,12H,1-8,11H2. The van der Waals surface area contributed by atoms with Crippen molar-refractivity contribution in [3.05, 3.63) is 0 Å². The zero-order valence-corrected chi connectivity index (χ0v) is 8.34. The molecule has 3 nitrogen and oxygen atoms in total. The molecule has 0 aromatic rings. The van der Waals surface area contributed by atoms with Crippen molar-refractivity contribution < 1.29 is 0 Å². The Morgan fingerprint density at radius 3 is 2.85 bits per heavy atom. The largest absolute Gasteiger partial charge is 0.329 e. The van der Waals surface area contributed by atoms with Gasteiger partial charge in [-0.2, -0.15) is 0 Å². The molecule has 1 saturated carbocycles. The van der Waals surface area contributed by atoms with Gasteiger partial charge in [-0.25, -0.2) is 0 Å². The average molecular weight is 183 g/mol. The quantitative estimate of drug-likeness (QED) is 0.590. The molecule has 1 atom stereocenters. The van der Waals surface area contributed by atoms with E-state index in [-0.39, 0.29) is 0 Å². The van der Waals surface area contributed by atoms with Crippen molar-refractivity contribution in [3.8, 4) is 0 Å². The lowest BCUT2D eigenvalue weighted by molar-refractivity contribution is 0.312. The zero-order chi connectivity index (χ0) is 9.10. The highest BCUT2D eigenvalue weighted by atomic mass is 15.2. The number of rotatable bonds is 5. The first-order valence-corrected chi connectivity index (χ1v) is 5.55. The van der Waals surface area contributed by atoms with E-state index in [1.54, 1.807) is 0 Å². The van der Waals surface area contributed by atoms with E-state index in [1.807, 2.05) is 0 Å². The highest BCUT2D eigenvalue weighted by Gasteiger charge is 2.33. The van der Waals surface area contributed by atoms with Gasteiger partial charge in [0.2, 0.25) is 0 Å². The van der Waals surface area contributed by atoms with E-state index < -0.39 is 0 Å². The van der Waals surface area contributed by atoms with Crippen molar-refractivity contribution in [3.63, 3.8) is 0 Å². The molecule has 1 aliphatic heterocycles. The molecule has 2 aliphatic rings. The summed E-state index contributed by atoms with van der Waals surface area (Å²) in [5, 5.41) is 3.41. The van der Waals surface area contributed by atoms with Gasteiger partial charge >= 0.3 is 0 Å². The van der Waals surface area contributed by atoms with Crippen LogP contribution in [0.4, 0.5) is 0 Å². The van der Waals surface area contributed by atoms with Crippen molar-refractivity contribution in [2.45, 2.75) is 25.3 Å². The van der Waals surface area contributed by atoms with Crippen molar-refractivity contribution in [2.24, 2.45) is 11.7 Å². The van der Waals surface area contributed by atoms with Gasteiger partial charge in [-0.1, -0.05) is 0 Å². The van der Waals surface area contributed by atoms with Gasteiger partial charge in [0.15, 0.2) is 0 Å². The summed E-state index contributed by atoms with van der Waals surface area (Å²) in [7, 11) is 0. The molecule has 1 heterocycles. The Morgan fingerprint density at radius 1 is 1.31 bits per heavy atom.